The Balaban J connectivity index is 1.46. The molecular weight excluding hydrogens is 234 g/mol. The second-order valence-electron chi connectivity index (χ2n) is 7.56. The van der Waals surface area contributed by atoms with E-state index in [0.717, 1.165) is 17.8 Å². The third-order valence-corrected chi connectivity index (χ3v) is 6.05. The van der Waals surface area contributed by atoms with Crippen molar-refractivity contribution in [2.45, 2.75) is 50.6 Å². The summed E-state index contributed by atoms with van der Waals surface area (Å²) in [7, 11) is 4.50. The van der Waals surface area contributed by atoms with E-state index in [4.69, 9.17) is 5.73 Å². The Hall–Kier alpha value is -0.120. The number of likely N-dealkylation sites (N-methyl/N-ethyl adjacent to an activating group) is 2. The van der Waals surface area contributed by atoms with Crippen molar-refractivity contribution in [3.05, 3.63) is 0 Å². The lowest BCUT2D eigenvalue weighted by Gasteiger charge is -2.39. The molecule has 19 heavy (non-hydrogen) atoms. The van der Waals surface area contributed by atoms with Crippen molar-refractivity contribution in [2.24, 2.45) is 23.5 Å². The van der Waals surface area contributed by atoms with Crippen LogP contribution in [0.1, 0.15) is 38.5 Å². The molecule has 0 aromatic heterocycles. The molecule has 2 bridgehead atoms. The van der Waals surface area contributed by atoms with Crippen LogP contribution >= 0.6 is 0 Å². The molecule has 5 unspecified atom stereocenters. The number of hydrogen-bond donors (Lipinski definition) is 1. The van der Waals surface area contributed by atoms with E-state index in [0.29, 0.717) is 12.1 Å². The number of nitrogens with zero attached hydrogens (tertiary/aromatic N) is 2. The maximum atomic E-state index is 6.48. The van der Waals surface area contributed by atoms with Gasteiger partial charge in [0.25, 0.3) is 0 Å². The number of fused-ring (bicyclic) bond motifs is 2. The first-order chi connectivity index (χ1) is 9.11. The van der Waals surface area contributed by atoms with Crippen LogP contribution in [-0.2, 0) is 0 Å². The fourth-order valence-corrected chi connectivity index (χ4v) is 4.86. The Morgan fingerprint density at radius 1 is 1.11 bits per heavy atom. The Bertz CT molecular complexity index is 306. The van der Waals surface area contributed by atoms with Crippen LogP contribution in [0.15, 0.2) is 0 Å². The molecule has 3 nitrogen and oxygen atoms in total. The Morgan fingerprint density at radius 3 is 2.63 bits per heavy atom. The first-order valence-electron chi connectivity index (χ1n) is 8.26. The van der Waals surface area contributed by atoms with Crippen molar-refractivity contribution >= 4 is 0 Å². The van der Waals surface area contributed by atoms with Gasteiger partial charge in [-0.05, 0) is 64.0 Å². The van der Waals surface area contributed by atoms with E-state index in [-0.39, 0.29) is 0 Å². The standard InChI is InChI=1S/C16H31N3/c1-18-5-6-19(2)16(11-18)10-15(17)9-14-8-12-3-4-13(14)7-12/h12-16H,3-11,17H2,1-2H3. The van der Waals surface area contributed by atoms with Gasteiger partial charge in [-0.2, -0.15) is 0 Å². The summed E-state index contributed by atoms with van der Waals surface area (Å²) in [6, 6.07) is 1.09. The highest BCUT2D eigenvalue weighted by Crippen LogP contribution is 2.49. The maximum absolute atomic E-state index is 6.48. The van der Waals surface area contributed by atoms with Crippen LogP contribution in [0.2, 0.25) is 0 Å². The molecule has 3 heteroatoms. The molecular formula is C16H31N3. The van der Waals surface area contributed by atoms with Gasteiger partial charge in [0.05, 0.1) is 0 Å². The number of nitrogens with two attached hydrogens (primary N) is 1. The van der Waals surface area contributed by atoms with Crippen molar-refractivity contribution in [1.82, 2.24) is 9.80 Å². The largest absolute Gasteiger partial charge is 0.328 e. The average molecular weight is 265 g/mol. The van der Waals surface area contributed by atoms with Gasteiger partial charge in [-0.15, -0.1) is 0 Å². The lowest BCUT2D eigenvalue weighted by atomic mass is 9.83. The summed E-state index contributed by atoms with van der Waals surface area (Å²) in [5.41, 5.74) is 6.48. The van der Waals surface area contributed by atoms with E-state index in [1.165, 1.54) is 58.2 Å². The number of piperazine rings is 1. The third-order valence-electron chi connectivity index (χ3n) is 6.05. The molecule has 5 atom stereocenters. The molecule has 2 aliphatic carbocycles. The van der Waals surface area contributed by atoms with Crippen molar-refractivity contribution < 1.29 is 0 Å². The molecule has 0 spiro atoms. The molecule has 0 radical (unpaired) electrons. The smallest absolute Gasteiger partial charge is 0.0235 e. The van der Waals surface area contributed by atoms with Crippen molar-refractivity contribution in [3.63, 3.8) is 0 Å². The van der Waals surface area contributed by atoms with Crippen molar-refractivity contribution in [3.8, 4) is 0 Å². The normalized spacial score (nSPS) is 41.8. The van der Waals surface area contributed by atoms with E-state index < -0.39 is 0 Å². The Kier molecular flexibility index (Phi) is 4.16. The summed E-state index contributed by atoms with van der Waals surface area (Å²) in [4.78, 5) is 4.97. The summed E-state index contributed by atoms with van der Waals surface area (Å²) in [5, 5.41) is 0. The van der Waals surface area contributed by atoms with Crippen LogP contribution < -0.4 is 5.73 Å². The molecule has 0 aromatic rings. The molecule has 0 amide bonds. The Labute approximate surface area is 118 Å². The van der Waals surface area contributed by atoms with Crippen molar-refractivity contribution in [1.29, 1.82) is 0 Å². The average Bonchev–Trinajstić information content (AvgIpc) is 2.96. The fraction of sp³-hybridized carbons (Fsp3) is 1.00. The second-order valence-corrected chi connectivity index (χ2v) is 7.56. The number of hydrogen-bond acceptors (Lipinski definition) is 3. The van der Waals surface area contributed by atoms with E-state index in [1.807, 2.05) is 0 Å². The van der Waals surface area contributed by atoms with Gasteiger partial charge < -0.3 is 15.5 Å². The maximum Gasteiger partial charge on any atom is 0.0235 e. The molecule has 0 aromatic carbocycles. The molecule has 3 fully saturated rings. The zero-order valence-corrected chi connectivity index (χ0v) is 12.7. The van der Waals surface area contributed by atoms with Gasteiger partial charge in [-0.3, -0.25) is 0 Å². The van der Waals surface area contributed by atoms with Gasteiger partial charge >= 0.3 is 0 Å². The molecule has 1 heterocycles. The molecule has 3 aliphatic rings. The summed E-state index contributed by atoms with van der Waals surface area (Å²) >= 11 is 0. The van der Waals surface area contributed by atoms with E-state index in [2.05, 4.69) is 23.9 Å². The van der Waals surface area contributed by atoms with E-state index in [1.54, 1.807) is 0 Å². The predicted molar refractivity (Wildman–Crippen MR) is 80.1 cm³/mol. The van der Waals surface area contributed by atoms with Crippen LogP contribution in [0.5, 0.6) is 0 Å². The van der Waals surface area contributed by atoms with Gasteiger partial charge in [0.15, 0.2) is 0 Å². The molecule has 2 saturated carbocycles. The third kappa shape index (κ3) is 3.14. The van der Waals surface area contributed by atoms with Gasteiger partial charge in [0, 0.05) is 31.7 Å². The summed E-state index contributed by atoms with van der Waals surface area (Å²) < 4.78 is 0. The molecule has 1 aliphatic heterocycles. The molecule has 1 saturated heterocycles. The van der Waals surface area contributed by atoms with E-state index in [9.17, 15) is 0 Å². The van der Waals surface area contributed by atoms with Crippen LogP contribution in [0.25, 0.3) is 0 Å². The highest BCUT2D eigenvalue weighted by molar-refractivity contribution is 4.92. The molecule has 2 N–H and O–H groups in total. The van der Waals surface area contributed by atoms with Gasteiger partial charge in [-0.25, -0.2) is 0 Å². The van der Waals surface area contributed by atoms with Crippen LogP contribution in [0.4, 0.5) is 0 Å². The summed E-state index contributed by atoms with van der Waals surface area (Å²) in [5.74, 6) is 3.05. The van der Waals surface area contributed by atoms with Gasteiger partial charge in [0.1, 0.15) is 0 Å². The van der Waals surface area contributed by atoms with Crippen LogP contribution in [0, 0.1) is 17.8 Å². The zero-order valence-electron chi connectivity index (χ0n) is 12.7. The monoisotopic (exact) mass is 265 g/mol. The summed E-state index contributed by atoms with van der Waals surface area (Å²) in [6.07, 6.45) is 8.48. The molecule has 3 rings (SSSR count). The minimum absolute atomic E-state index is 0.420. The minimum atomic E-state index is 0.420. The van der Waals surface area contributed by atoms with Crippen LogP contribution in [-0.4, -0.2) is 55.6 Å². The topological polar surface area (TPSA) is 32.5 Å². The summed E-state index contributed by atoms with van der Waals surface area (Å²) in [6.45, 7) is 3.59. The lowest BCUT2D eigenvalue weighted by Crippen LogP contribution is -2.51. The minimum Gasteiger partial charge on any atom is -0.328 e. The van der Waals surface area contributed by atoms with E-state index >= 15 is 0 Å². The molecule has 110 valence electrons. The fourth-order valence-electron chi connectivity index (χ4n) is 4.86. The van der Waals surface area contributed by atoms with Gasteiger partial charge in [-0.1, -0.05) is 6.42 Å². The first-order valence-corrected chi connectivity index (χ1v) is 8.26. The van der Waals surface area contributed by atoms with Crippen LogP contribution in [0.3, 0.4) is 0 Å². The van der Waals surface area contributed by atoms with Gasteiger partial charge in [0.2, 0.25) is 0 Å². The first kappa shape index (κ1) is 13.8. The Morgan fingerprint density at radius 2 is 1.95 bits per heavy atom. The predicted octanol–water partition coefficient (Wildman–Crippen LogP) is 1.78. The zero-order chi connectivity index (χ0) is 13.4. The second kappa shape index (κ2) is 5.71. The SMILES string of the molecule is CN1CCN(C)C(CC(N)CC2CC3CCC2C3)C1. The highest BCUT2D eigenvalue weighted by atomic mass is 15.3. The van der Waals surface area contributed by atoms with Crippen molar-refractivity contribution in [2.75, 3.05) is 33.7 Å². The quantitative estimate of drug-likeness (QED) is 0.841. The lowest BCUT2D eigenvalue weighted by molar-refractivity contribution is 0.101. The number of rotatable bonds is 4. The highest BCUT2D eigenvalue weighted by Gasteiger charge is 2.40.